The molecule has 0 unspecified atom stereocenters. The molecule has 0 amide bonds. The zero-order valence-electron chi connectivity index (χ0n) is 16.7. The fourth-order valence-electron chi connectivity index (χ4n) is 2.59. The van der Waals surface area contributed by atoms with Gasteiger partial charge < -0.3 is 15.4 Å². The van der Waals surface area contributed by atoms with Crippen molar-refractivity contribution in [2.24, 2.45) is 4.99 Å². The number of alkyl halides is 3. The minimum Gasteiger partial charge on any atom is -0.468 e. The SMILES string of the molecule is CN=C(NCc1ccc(OCC(F)(F)F)nc1)NCc1ccc(S(C)(=O)=O)c(C)c1. The molecule has 0 saturated heterocycles. The molecule has 0 fully saturated rings. The maximum absolute atomic E-state index is 12.1. The molecule has 1 aromatic heterocycles. The van der Waals surface area contributed by atoms with E-state index in [-0.39, 0.29) is 5.88 Å². The third kappa shape index (κ3) is 7.54. The van der Waals surface area contributed by atoms with Crippen molar-refractivity contribution in [3.8, 4) is 5.88 Å². The number of nitrogens with one attached hydrogen (secondary N) is 2. The monoisotopic (exact) mass is 444 g/mol. The third-order valence-electron chi connectivity index (χ3n) is 3.96. The van der Waals surface area contributed by atoms with E-state index in [4.69, 9.17) is 0 Å². The van der Waals surface area contributed by atoms with Gasteiger partial charge in [0.05, 0.1) is 4.90 Å². The van der Waals surface area contributed by atoms with Crippen molar-refractivity contribution < 1.29 is 26.3 Å². The van der Waals surface area contributed by atoms with Crippen molar-refractivity contribution in [3.63, 3.8) is 0 Å². The lowest BCUT2D eigenvalue weighted by Crippen LogP contribution is -2.36. The third-order valence-corrected chi connectivity index (χ3v) is 5.22. The topological polar surface area (TPSA) is 92.7 Å². The first kappa shape index (κ1) is 23.5. The first-order valence-corrected chi connectivity index (χ1v) is 10.8. The minimum atomic E-state index is -4.41. The average molecular weight is 444 g/mol. The lowest BCUT2D eigenvalue weighted by atomic mass is 10.1. The Morgan fingerprint density at radius 3 is 2.27 bits per heavy atom. The molecule has 0 aliphatic heterocycles. The van der Waals surface area contributed by atoms with Crippen LogP contribution in [0.3, 0.4) is 0 Å². The van der Waals surface area contributed by atoms with Crippen molar-refractivity contribution in [1.29, 1.82) is 0 Å². The van der Waals surface area contributed by atoms with Crippen LogP contribution in [0.5, 0.6) is 5.88 Å². The van der Waals surface area contributed by atoms with Crippen LogP contribution in [-0.4, -0.2) is 45.4 Å². The lowest BCUT2D eigenvalue weighted by molar-refractivity contribution is -0.154. The quantitative estimate of drug-likeness (QED) is 0.504. The van der Waals surface area contributed by atoms with Gasteiger partial charge in [-0.2, -0.15) is 13.2 Å². The van der Waals surface area contributed by atoms with Gasteiger partial charge in [0, 0.05) is 38.7 Å². The Labute approximate surface area is 173 Å². The van der Waals surface area contributed by atoms with E-state index in [9.17, 15) is 21.6 Å². The summed E-state index contributed by atoms with van der Waals surface area (Å²) in [5.74, 6) is 0.392. The van der Waals surface area contributed by atoms with Crippen LogP contribution in [0.4, 0.5) is 13.2 Å². The molecular weight excluding hydrogens is 421 g/mol. The molecule has 0 saturated carbocycles. The first-order valence-electron chi connectivity index (χ1n) is 8.86. The van der Waals surface area contributed by atoms with E-state index in [1.54, 1.807) is 38.2 Å². The number of nitrogens with zero attached hydrogens (tertiary/aromatic N) is 2. The van der Waals surface area contributed by atoms with Crippen LogP contribution in [-0.2, 0) is 22.9 Å². The van der Waals surface area contributed by atoms with Gasteiger partial charge in [0.1, 0.15) is 0 Å². The summed E-state index contributed by atoms with van der Waals surface area (Å²) >= 11 is 0. The van der Waals surface area contributed by atoms with E-state index < -0.39 is 22.6 Å². The zero-order chi connectivity index (χ0) is 22.4. The van der Waals surface area contributed by atoms with E-state index in [1.165, 1.54) is 18.5 Å². The molecule has 2 aromatic rings. The number of pyridine rings is 1. The number of ether oxygens (including phenoxy) is 1. The largest absolute Gasteiger partial charge is 0.468 e. The maximum atomic E-state index is 12.1. The summed E-state index contributed by atoms with van der Waals surface area (Å²) in [5, 5.41) is 6.17. The highest BCUT2D eigenvalue weighted by Crippen LogP contribution is 2.17. The van der Waals surface area contributed by atoms with Gasteiger partial charge in [-0.3, -0.25) is 4.99 Å². The number of benzene rings is 1. The molecule has 2 rings (SSSR count). The number of rotatable bonds is 7. The molecule has 0 atom stereocenters. The molecule has 11 heteroatoms. The lowest BCUT2D eigenvalue weighted by Gasteiger charge is -2.13. The van der Waals surface area contributed by atoms with Crippen molar-refractivity contribution in [3.05, 3.63) is 53.2 Å². The predicted octanol–water partition coefficient (Wildman–Crippen LogP) is 2.60. The number of aromatic nitrogens is 1. The number of hydrogen-bond donors (Lipinski definition) is 2. The number of guanidine groups is 1. The van der Waals surface area contributed by atoms with E-state index >= 15 is 0 Å². The number of aryl methyl sites for hydroxylation is 1. The molecule has 164 valence electrons. The highest BCUT2D eigenvalue weighted by molar-refractivity contribution is 7.90. The molecule has 0 spiro atoms. The second-order valence-corrected chi connectivity index (χ2v) is 8.54. The molecule has 0 aliphatic carbocycles. The van der Waals surface area contributed by atoms with Gasteiger partial charge in [-0.25, -0.2) is 13.4 Å². The van der Waals surface area contributed by atoms with Gasteiger partial charge in [-0.1, -0.05) is 18.2 Å². The summed E-state index contributed by atoms with van der Waals surface area (Å²) in [4.78, 5) is 8.24. The molecule has 0 radical (unpaired) electrons. The van der Waals surface area contributed by atoms with Gasteiger partial charge in [0.15, 0.2) is 22.4 Å². The Kier molecular flexibility index (Phi) is 7.65. The minimum absolute atomic E-state index is 0.105. The molecule has 0 bridgehead atoms. The highest BCUT2D eigenvalue weighted by atomic mass is 32.2. The van der Waals surface area contributed by atoms with Crippen LogP contribution < -0.4 is 15.4 Å². The second-order valence-electron chi connectivity index (χ2n) is 6.56. The molecule has 2 N–H and O–H groups in total. The summed E-state index contributed by atoms with van der Waals surface area (Å²) in [6, 6.07) is 8.07. The van der Waals surface area contributed by atoms with Crippen LogP contribution >= 0.6 is 0 Å². The summed E-state index contributed by atoms with van der Waals surface area (Å²) in [6.07, 6.45) is -1.83. The Morgan fingerprint density at radius 1 is 1.13 bits per heavy atom. The molecular formula is C19H23F3N4O3S. The first-order chi connectivity index (χ1) is 14.0. The Balaban J connectivity index is 1.87. The zero-order valence-corrected chi connectivity index (χ0v) is 17.6. The fourth-order valence-corrected chi connectivity index (χ4v) is 3.55. The van der Waals surface area contributed by atoms with Crippen LogP contribution in [0.2, 0.25) is 0 Å². The van der Waals surface area contributed by atoms with Crippen molar-refractivity contribution in [1.82, 2.24) is 15.6 Å². The van der Waals surface area contributed by atoms with E-state index in [0.717, 1.165) is 11.1 Å². The Hall–Kier alpha value is -2.82. The number of hydrogen-bond acceptors (Lipinski definition) is 5. The summed E-state index contributed by atoms with van der Waals surface area (Å²) < 4.78 is 64.4. The van der Waals surface area contributed by atoms with Gasteiger partial charge in [-0.05, 0) is 29.7 Å². The van der Waals surface area contributed by atoms with E-state index in [2.05, 4.69) is 25.3 Å². The normalized spacial score (nSPS) is 12.5. The van der Waals surface area contributed by atoms with Gasteiger partial charge >= 0.3 is 6.18 Å². The maximum Gasteiger partial charge on any atom is 0.422 e. The Bertz CT molecular complexity index is 991. The average Bonchev–Trinajstić information content (AvgIpc) is 2.66. The highest BCUT2D eigenvalue weighted by Gasteiger charge is 2.28. The van der Waals surface area contributed by atoms with Gasteiger partial charge in [0.2, 0.25) is 5.88 Å². The van der Waals surface area contributed by atoms with Gasteiger partial charge in [-0.15, -0.1) is 0 Å². The number of sulfone groups is 1. The number of aliphatic imine (C=N–C) groups is 1. The van der Waals surface area contributed by atoms with Crippen molar-refractivity contribution >= 4 is 15.8 Å². The second kappa shape index (κ2) is 9.79. The smallest absolute Gasteiger partial charge is 0.422 e. The molecule has 0 aliphatic rings. The summed E-state index contributed by atoms with van der Waals surface area (Å²) in [5.41, 5.74) is 2.28. The molecule has 7 nitrogen and oxygen atoms in total. The standard InChI is InChI=1S/C19H23F3N4O3S/c1-13-8-14(4-6-16(13)30(3,27)28)9-25-18(23-2)26-11-15-5-7-17(24-10-15)29-12-19(20,21)22/h4-8,10H,9,11-12H2,1-3H3,(H2,23,25,26). The van der Waals surface area contributed by atoms with Crippen LogP contribution in [0.15, 0.2) is 46.4 Å². The molecule has 1 aromatic carbocycles. The van der Waals surface area contributed by atoms with E-state index in [0.29, 0.717) is 29.5 Å². The van der Waals surface area contributed by atoms with Crippen molar-refractivity contribution in [2.45, 2.75) is 31.1 Å². The molecule has 30 heavy (non-hydrogen) atoms. The number of halogens is 3. The fraction of sp³-hybridized carbons (Fsp3) is 0.368. The summed E-state index contributed by atoms with van der Waals surface area (Å²) in [6.45, 7) is 1.12. The predicted molar refractivity (Wildman–Crippen MR) is 107 cm³/mol. The van der Waals surface area contributed by atoms with Crippen molar-refractivity contribution in [2.75, 3.05) is 19.9 Å². The Morgan fingerprint density at radius 2 is 1.77 bits per heavy atom. The van der Waals surface area contributed by atoms with Crippen LogP contribution in [0.1, 0.15) is 16.7 Å². The van der Waals surface area contributed by atoms with Gasteiger partial charge in [0.25, 0.3) is 0 Å². The summed E-state index contributed by atoms with van der Waals surface area (Å²) in [7, 11) is -1.67. The van der Waals surface area contributed by atoms with E-state index in [1.807, 2.05) is 0 Å². The molecule has 1 heterocycles. The van der Waals surface area contributed by atoms with Crippen LogP contribution in [0.25, 0.3) is 0 Å². The van der Waals surface area contributed by atoms with Crippen LogP contribution in [0, 0.1) is 6.92 Å².